The van der Waals surface area contributed by atoms with Crippen LogP contribution < -0.4 is 0 Å². The van der Waals surface area contributed by atoms with E-state index in [2.05, 4.69) is 4.90 Å². The van der Waals surface area contributed by atoms with E-state index in [1.54, 1.807) is 0 Å². The van der Waals surface area contributed by atoms with Crippen molar-refractivity contribution in [2.75, 3.05) is 13.1 Å². The molecule has 2 aliphatic rings. The van der Waals surface area contributed by atoms with E-state index < -0.39 is 5.97 Å². The van der Waals surface area contributed by atoms with Crippen LogP contribution in [-0.4, -0.2) is 35.1 Å². The normalized spacial score (nSPS) is 42.4. The highest BCUT2D eigenvalue weighted by molar-refractivity contribution is 5.73. The summed E-state index contributed by atoms with van der Waals surface area (Å²) in [6, 6.07) is -0.164. The van der Waals surface area contributed by atoms with Crippen molar-refractivity contribution in [3.63, 3.8) is 0 Å². The number of carboxylic acids is 1. The van der Waals surface area contributed by atoms with E-state index in [1.165, 1.54) is 12.8 Å². The number of carboxylic acid groups (broad SMARTS) is 1. The summed E-state index contributed by atoms with van der Waals surface area (Å²) in [6.07, 6.45) is 3.31. The Labute approximate surface area is 66.0 Å². The van der Waals surface area contributed by atoms with Crippen molar-refractivity contribution in [2.45, 2.75) is 25.3 Å². The lowest BCUT2D eigenvalue weighted by molar-refractivity contribution is -0.142. The van der Waals surface area contributed by atoms with Gasteiger partial charge in [-0.15, -0.1) is 0 Å². The molecule has 2 aliphatic heterocycles. The first-order valence-electron chi connectivity index (χ1n) is 4.24. The zero-order chi connectivity index (χ0) is 7.84. The third-order valence-corrected chi connectivity index (χ3v) is 2.83. The summed E-state index contributed by atoms with van der Waals surface area (Å²) in [7, 11) is 0. The van der Waals surface area contributed by atoms with Gasteiger partial charge in [0, 0.05) is 6.54 Å². The van der Waals surface area contributed by atoms with Gasteiger partial charge in [-0.3, -0.25) is 9.69 Å². The fourth-order valence-electron chi connectivity index (χ4n) is 2.29. The van der Waals surface area contributed by atoms with Gasteiger partial charge in [0.05, 0.1) is 0 Å². The molecule has 0 saturated carbocycles. The summed E-state index contributed by atoms with van der Waals surface area (Å²) >= 11 is 0. The maximum Gasteiger partial charge on any atom is 0.320 e. The minimum Gasteiger partial charge on any atom is -0.480 e. The SMILES string of the molecule is O=C(O)[C@@H]1C[C@@H]2CCCN1C2. The van der Waals surface area contributed by atoms with Crippen molar-refractivity contribution in [3.05, 3.63) is 0 Å². The van der Waals surface area contributed by atoms with Crippen LogP contribution in [0, 0.1) is 5.92 Å². The molecule has 11 heavy (non-hydrogen) atoms. The minimum atomic E-state index is -0.630. The highest BCUT2D eigenvalue weighted by Gasteiger charge is 2.38. The molecule has 2 fully saturated rings. The molecule has 0 aliphatic carbocycles. The highest BCUT2D eigenvalue weighted by atomic mass is 16.4. The first-order chi connectivity index (χ1) is 5.27. The molecule has 3 nitrogen and oxygen atoms in total. The Morgan fingerprint density at radius 2 is 2.36 bits per heavy atom. The molecule has 0 amide bonds. The van der Waals surface area contributed by atoms with Gasteiger partial charge in [0.1, 0.15) is 6.04 Å². The maximum atomic E-state index is 10.7. The van der Waals surface area contributed by atoms with Gasteiger partial charge < -0.3 is 5.11 Å². The zero-order valence-corrected chi connectivity index (χ0v) is 6.49. The van der Waals surface area contributed by atoms with Crippen LogP contribution in [0.4, 0.5) is 0 Å². The number of hydrogen-bond acceptors (Lipinski definition) is 2. The monoisotopic (exact) mass is 155 g/mol. The van der Waals surface area contributed by atoms with Crippen LogP contribution in [0.3, 0.4) is 0 Å². The summed E-state index contributed by atoms with van der Waals surface area (Å²) in [5, 5.41) is 8.82. The number of fused-ring (bicyclic) bond motifs is 2. The first kappa shape index (κ1) is 7.10. The Balaban J connectivity index is 2.08. The van der Waals surface area contributed by atoms with Crippen LogP contribution in [0.25, 0.3) is 0 Å². The van der Waals surface area contributed by atoms with Gasteiger partial charge in [0.15, 0.2) is 0 Å². The number of piperidine rings is 1. The molecule has 2 saturated heterocycles. The number of aliphatic carboxylic acids is 1. The first-order valence-corrected chi connectivity index (χ1v) is 4.24. The average Bonchev–Trinajstić information content (AvgIpc) is 2.27. The van der Waals surface area contributed by atoms with E-state index in [0.29, 0.717) is 5.92 Å². The van der Waals surface area contributed by atoms with Crippen molar-refractivity contribution in [3.8, 4) is 0 Å². The molecule has 2 rings (SSSR count). The average molecular weight is 155 g/mol. The molecule has 0 aromatic heterocycles. The second kappa shape index (κ2) is 2.48. The molecule has 3 heteroatoms. The molecular formula is C8H13NO2. The lowest BCUT2D eigenvalue weighted by Crippen LogP contribution is -2.37. The Bertz CT molecular complexity index is 181. The number of nitrogens with zero attached hydrogens (tertiary/aromatic N) is 1. The fraction of sp³-hybridized carbons (Fsp3) is 0.875. The van der Waals surface area contributed by atoms with Gasteiger partial charge in [-0.25, -0.2) is 0 Å². The molecule has 2 heterocycles. The van der Waals surface area contributed by atoms with Gasteiger partial charge in [-0.05, 0) is 31.7 Å². The van der Waals surface area contributed by atoms with E-state index in [9.17, 15) is 4.79 Å². The maximum absolute atomic E-state index is 10.7. The van der Waals surface area contributed by atoms with Crippen molar-refractivity contribution in [1.29, 1.82) is 0 Å². The van der Waals surface area contributed by atoms with Crippen molar-refractivity contribution in [2.24, 2.45) is 5.92 Å². The molecule has 1 N–H and O–H groups in total. The Hall–Kier alpha value is -0.570. The topological polar surface area (TPSA) is 40.5 Å². The van der Waals surface area contributed by atoms with Crippen LogP contribution in [0.2, 0.25) is 0 Å². The molecular weight excluding hydrogens is 142 g/mol. The number of carbonyl (C=O) groups is 1. The molecule has 1 unspecified atom stereocenters. The largest absolute Gasteiger partial charge is 0.480 e. The second-order valence-corrected chi connectivity index (χ2v) is 3.59. The molecule has 2 bridgehead atoms. The van der Waals surface area contributed by atoms with Crippen molar-refractivity contribution < 1.29 is 9.90 Å². The van der Waals surface area contributed by atoms with Crippen LogP contribution in [0.15, 0.2) is 0 Å². The standard InChI is InChI=1S/C8H13NO2/c10-8(11)7-4-6-2-1-3-9(7)5-6/h6-7H,1-5H2,(H,10,11)/t6-,7-/m0/s1. The van der Waals surface area contributed by atoms with Crippen LogP contribution >= 0.6 is 0 Å². The predicted octanol–water partition coefficient (Wildman–Crippen LogP) is 0.555. The van der Waals surface area contributed by atoms with E-state index in [-0.39, 0.29) is 6.04 Å². The summed E-state index contributed by atoms with van der Waals surface area (Å²) in [5.41, 5.74) is 0. The zero-order valence-electron chi connectivity index (χ0n) is 6.49. The minimum absolute atomic E-state index is 0.164. The van der Waals surface area contributed by atoms with Gasteiger partial charge in [0.25, 0.3) is 0 Å². The molecule has 0 radical (unpaired) electrons. The summed E-state index contributed by atoms with van der Waals surface area (Å²) < 4.78 is 0. The number of rotatable bonds is 1. The van der Waals surface area contributed by atoms with E-state index >= 15 is 0 Å². The van der Waals surface area contributed by atoms with Crippen molar-refractivity contribution >= 4 is 5.97 Å². The lowest BCUT2D eigenvalue weighted by Gasteiger charge is -2.23. The molecule has 0 aromatic carbocycles. The smallest absolute Gasteiger partial charge is 0.320 e. The third-order valence-electron chi connectivity index (χ3n) is 2.83. The quantitative estimate of drug-likeness (QED) is 0.601. The van der Waals surface area contributed by atoms with Gasteiger partial charge in [-0.1, -0.05) is 0 Å². The summed E-state index contributed by atoms with van der Waals surface area (Å²) in [5.74, 6) is 0.0410. The van der Waals surface area contributed by atoms with E-state index in [4.69, 9.17) is 5.11 Å². The lowest BCUT2D eigenvalue weighted by atomic mass is 10.00. The molecule has 0 spiro atoms. The fourth-order valence-corrected chi connectivity index (χ4v) is 2.29. The summed E-state index contributed by atoms with van der Waals surface area (Å²) in [6.45, 7) is 2.02. The van der Waals surface area contributed by atoms with Crippen LogP contribution in [0.1, 0.15) is 19.3 Å². The second-order valence-electron chi connectivity index (χ2n) is 3.59. The molecule has 3 atom stereocenters. The molecule has 62 valence electrons. The van der Waals surface area contributed by atoms with E-state index in [0.717, 1.165) is 19.5 Å². The van der Waals surface area contributed by atoms with Crippen molar-refractivity contribution in [1.82, 2.24) is 4.90 Å². The predicted molar refractivity (Wildman–Crippen MR) is 40.3 cm³/mol. The van der Waals surface area contributed by atoms with Gasteiger partial charge in [0.2, 0.25) is 0 Å². The third kappa shape index (κ3) is 1.13. The van der Waals surface area contributed by atoms with Gasteiger partial charge in [-0.2, -0.15) is 0 Å². The summed E-state index contributed by atoms with van der Waals surface area (Å²) in [4.78, 5) is 12.8. The van der Waals surface area contributed by atoms with Crippen LogP contribution in [-0.2, 0) is 4.79 Å². The Morgan fingerprint density at radius 3 is 3.00 bits per heavy atom. The van der Waals surface area contributed by atoms with Gasteiger partial charge >= 0.3 is 5.97 Å². The Kier molecular flexibility index (Phi) is 1.60. The molecule has 0 aromatic rings. The van der Waals surface area contributed by atoms with Crippen LogP contribution in [0.5, 0.6) is 0 Å². The Morgan fingerprint density at radius 1 is 1.55 bits per heavy atom. The number of hydrogen-bond donors (Lipinski definition) is 1. The van der Waals surface area contributed by atoms with E-state index in [1.807, 2.05) is 0 Å². The highest BCUT2D eigenvalue weighted by Crippen LogP contribution is 2.31.